The van der Waals surface area contributed by atoms with Gasteiger partial charge in [-0.3, -0.25) is 0 Å². The first-order valence-corrected chi connectivity index (χ1v) is 6.85. The Labute approximate surface area is 94.4 Å². The van der Waals surface area contributed by atoms with Crippen LogP contribution in [0.4, 0.5) is 10.1 Å². The first-order valence-electron chi connectivity index (χ1n) is 5.31. The monoisotopic (exact) mass is 243 g/mol. The zero-order valence-electron chi connectivity index (χ0n) is 8.82. The number of hydrogen-bond donors (Lipinski definition) is 1. The van der Waals surface area contributed by atoms with Gasteiger partial charge in [-0.25, -0.2) is 12.8 Å². The van der Waals surface area contributed by atoms with E-state index in [0.717, 1.165) is 18.9 Å². The van der Waals surface area contributed by atoms with Crippen molar-refractivity contribution < 1.29 is 12.8 Å². The average molecular weight is 243 g/mol. The van der Waals surface area contributed by atoms with E-state index in [1.807, 2.05) is 0 Å². The van der Waals surface area contributed by atoms with Gasteiger partial charge in [-0.05, 0) is 31.0 Å². The van der Waals surface area contributed by atoms with Crippen molar-refractivity contribution in [3.63, 3.8) is 0 Å². The molecule has 1 fully saturated rings. The number of rotatable bonds is 2. The number of anilines is 1. The molecule has 5 heteroatoms. The van der Waals surface area contributed by atoms with E-state index in [0.29, 0.717) is 12.8 Å². The van der Waals surface area contributed by atoms with Crippen molar-refractivity contribution in [1.29, 1.82) is 0 Å². The lowest BCUT2D eigenvalue weighted by atomic mass is 10.3. The lowest BCUT2D eigenvalue weighted by Gasteiger charge is -2.12. The summed E-state index contributed by atoms with van der Waals surface area (Å²) in [4.78, 5) is -0.0561. The Morgan fingerprint density at radius 1 is 1.25 bits per heavy atom. The second kappa shape index (κ2) is 4.05. The average Bonchev–Trinajstić information content (AvgIpc) is 2.75. The van der Waals surface area contributed by atoms with Crippen LogP contribution in [0, 0.1) is 5.82 Å². The quantitative estimate of drug-likeness (QED) is 0.809. The SMILES string of the molecule is Nc1ccc(F)cc1S(=O)(=O)C1CCCC1. The van der Waals surface area contributed by atoms with E-state index in [1.54, 1.807) is 0 Å². The van der Waals surface area contributed by atoms with Crippen LogP contribution in [-0.2, 0) is 9.84 Å². The van der Waals surface area contributed by atoms with Gasteiger partial charge in [-0.2, -0.15) is 0 Å². The highest BCUT2D eigenvalue weighted by Gasteiger charge is 2.31. The summed E-state index contributed by atoms with van der Waals surface area (Å²) in [6.07, 6.45) is 3.13. The fourth-order valence-electron chi connectivity index (χ4n) is 2.13. The molecule has 88 valence electrons. The lowest BCUT2D eigenvalue weighted by Crippen LogP contribution is -2.19. The van der Waals surface area contributed by atoms with E-state index in [9.17, 15) is 12.8 Å². The van der Waals surface area contributed by atoms with Gasteiger partial charge in [0, 0.05) is 0 Å². The highest BCUT2D eigenvalue weighted by molar-refractivity contribution is 7.92. The third kappa shape index (κ3) is 1.91. The van der Waals surface area contributed by atoms with Crippen molar-refractivity contribution in [2.24, 2.45) is 0 Å². The van der Waals surface area contributed by atoms with E-state index >= 15 is 0 Å². The standard InChI is InChI=1S/C11H14FNO2S/c12-8-5-6-10(13)11(7-8)16(14,15)9-3-1-2-4-9/h5-7,9H,1-4,13H2. The lowest BCUT2D eigenvalue weighted by molar-refractivity contribution is 0.576. The second-order valence-corrected chi connectivity index (χ2v) is 6.33. The van der Waals surface area contributed by atoms with E-state index in [2.05, 4.69) is 0 Å². The summed E-state index contributed by atoms with van der Waals surface area (Å²) in [6.45, 7) is 0. The van der Waals surface area contributed by atoms with Crippen molar-refractivity contribution in [2.75, 3.05) is 5.73 Å². The highest BCUT2D eigenvalue weighted by Crippen LogP contribution is 2.32. The molecule has 0 unspecified atom stereocenters. The molecule has 1 saturated carbocycles. The molecule has 1 aromatic rings. The molecule has 0 spiro atoms. The van der Waals surface area contributed by atoms with Crippen LogP contribution in [0.5, 0.6) is 0 Å². The number of halogens is 1. The van der Waals surface area contributed by atoms with Gasteiger partial charge in [0.2, 0.25) is 0 Å². The van der Waals surface area contributed by atoms with Gasteiger partial charge in [0.15, 0.2) is 9.84 Å². The van der Waals surface area contributed by atoms with E-state index in [4.69, 9.17) is 5.73 Å². The minimum absolute atomic E-state index is 0.0561. The highest BCUT2D eigenvalue weighted by atomic mass is 32.2. The van der Waals surface area contributed by atoms with Crippen LogP contribution in [0.1, 0.15) is 25.7 Å². The van der Waals surface area contributed by atoms with Crippen LogP contribution >= 0.6 is 0 Å². The van der Waals surface area contributed by atoms with Crippen LogP contribution < -0.4 is 5.73 Å². The van der Waals surface area contributed by atoms with Gasteiger partial charge in [-0.1, -0.05) is 12.8 Å². The Morgan fingerprint density at radius 2 is 1.88 bits per heavy atom. The molecule has 0 radical (unpaired) electrons. The Kier molecular flexibility index (Phi) is 2.88. The molecule has 0 saturated heterocycles. The fraction of sp³-hybridized carbons (Fsp3) is 0.455. The van der Waals surface area contributed by atoms with Gasteiger partial charge in [0.25, 0.3) is 0 Å². The maximum atomic E-state index is 13.0. The van der Waals surface area contributed by atoms with Crippen molar-refractivity contribution in [1.82, 2.24) is 0 Å². The summed E-state index contributed by atoms with van der Waals surface area (Å²) >= 11 is 0. The molecule has 1 aliphatic carbocycles. The Balaban J connectivity index is 2.46. The Morgan fingerprint density at radius 3 is 2.50 bits per heavy atom. The number of nitrogens with two attached hydrogens (primary N) is 1. The van der Waals surface area contributed by atoms with Crippen molar-refractivity contribution in [2.45, 2.75) is 35.8 Å². The summed E-state index contributed by atoms with van der Waals surface area (Å²) in [7, 11) is -3.46. The molecule has 1 aliphatic rings. The molecule has 0 bridgehead atoms. The van der Waals surface area contributed by atoms with Crippen molar-refractivity contribution in [3.8, 4) is 0 Å². The molecule has 0 aromatic heterocycles. The molecule has 16 heavy (non-hydrogen) atoms. The minimum atomic E-state index is -3.46. The summed E-state index contributed by atoms with van der Waals surface area (Å²) in [5.41, 5.74) is 5.73. The van der Waals surface area contributed by atoms with Gasteiger partial charge >= 0.3 is 0 Å². The topological polar surface area (TPSA) is 60.2 Å². The summed E-state index contributed by atoms with van der Waals surface area (Å²) in [5.74, 6) is -0.564. The fourth-order valence-corrected chi connectivity index (χ4v) is 4.12. The molecule has 0 atom stereocenters. The largest absolute Gasteiger partial charge is 0.398 e. The Hall–Kier alpha value is -1.10. The molecule has 2 rings (SSSR count). The molecule has 1 aromatic carbocycles. The second-order valence-electron chi connectivity index (χ2n) is 4.13. The number of sulfone groups is 1. The van der Waals surface area contributed by atoms with Crippen LogP contribution in [-0.4, -0.2) is 13.7 Å². The van der Waals surface area contributed by atoms with Gasteiger partial charge < -0.3 is 5.73 Å². The normalized spacial score (nSPS) is 17.8. The van der Waals surface area contributed by atoms with Crippen LogP contribution in [0.15, 0.2) is 23.1 Å². The first-order chi connectivity index (χ1) is 7.51. The predicted octanol–water partition coefficient (Wildman–Crippen LogP) is 2.12. The molecule has 0 heterocycles. The summed E-state index contributed by atoms with van der Waals surface area (Å²) < 4.78 is 37.4. The minimum Gasteiger partial charge on any atom is -0.398 e. The zero-order chi connectivity index (χ0) is 11.8. The van der Waals surface area contributed by atoms with Gasteiger partial charge in [0.1, 0.15) is 5.82 Å². The van der Waals surface area contributed by atoms with Gasteiger partial charge in [0.05, 0.1) is 15.8 Å². The third-order valence-electron chi connectivity index (χ3n) is 3.02. The molecule has 3 nitrogen and oxygen atoms in total. The predicted molar refractivity (Wildman–Crippen MR) is 60.3 cm³/mol. The molecule has 2 N–H and O–H groups in total. The molecule has 0 amide bonds. The van der Waals surface area contributed by atoms with Crippen LogP contribution in [0.3, 0.4) is 0 Å². The molecular formula is C11H14FNO2S. The molecular weight excluding hydrogens is 229 g/mol. The third-order valence-corrected chi connectivity index (χ3v) is 5.34. The Bertz CT molecular complexity index is 493. The maximum Gasteiger partial charge on any atom is 0.183 e. The van der Waals surface area contributed by atoms with Crippen LogP contribution in [0.25, 0.3) is 0 Å². The van der Waals surface area contributed by atoms with E-state index in [1.165, 1.54) is 12.1 Å². The van der Waals surface area contributed by atoms with Gasteiger partial charge in [-0.15, -0.1) is 0 Å². The number of nitrogen functional groups attached to an aromatic ring is 1. The summed E-state index contributed by atoms with van der Waals surface area (Å²) in [6, 6.07) is 3.49. The number of hydrogen-bond acceptors (Lipinski definition) is 3. The number of benzene rings is 1. The first kappa shape index (κ1) is 11.4. The van der Waals surface area contributed by atoms with Crippen molar-refractivity contribution in [3.05, 3.63) is 24.0 Å². The maximum absolute atomic E-state index is 13.0. The van der Waals surface area contributed by atoms with E-state index in [-0.39, 0.29) is 10.6 Å². The van der Waals surface area contributed by atoms with Crippen LogP contribution in [0.2, 0.25) is 0 Å². The van der Waals surface area contributed by atoms with E-state index < -0.39 is 20.9 Å². The molecule has 0 aliphatic heterocycles. The summed E-state index contributed by atoms with van der Waals surface area (Å²) in [5, 5.41) is -0.392. The van der Waals surface area contributed by atoms with Crippen molar-refractivity contribution >= 4 is 15.5 Å². The smallest absolute Gasteiger partial charge is 0.183 e. The zero-order valence-corrected chi connectivity index (χ0v) is 9.63.